The van der Waals surface area contributed by atoms with E-state index in [0.717, 1.165) is 10.8 Å². The number of hydrogen-bond donors (Lipinski definition) is 1. The van der Waals surface area contributed by atoms with E-state index in [2.05, 4.69) is 15.4 Å². The lowest BCUT2D eigenvalue weighted by atomic mass is 10.1. The molecular weight excluding hydrogens is 316 g/mol. The van der Waals surface area contributed by atoms with Gasteiger partial charge in [0, 0.05) is 41.3 Å². The molecule has 1 N–H and O–H groups in total. The van der Waals surface area contributed by atoms with Gasteiger partial charge < -0.3 is 5.32 Å². The van der Waals surface area contributed by atoms with Gasteiger partial charge >= 0.3 is 0 Å². The summed E-state index contributed by atoms with van der Waals surface area (Å²) < 4.78 is 1.18. The molecule has 0 bridgehead atoms. The first kappa shape index (κ1) is 15.0. The van der Waals surface area contributed by atoms with E-state index in [0.29, 0.717) is 16.5 Å². The maximum absolute atomic E-state index is 12.8. The number of nitrogens with one attached hydrogen (secondary N) is 1. The molecular formula is C19H14N4O2. The van der Waals surface area contributed by atoms with Gasteiger partial charge in [0.1, 0.15) is 0 Å². The number of fused-ring (bicyclic) bond motifs is 2. The number of carbonyl (C=O) groups is 1. The molecule has 0 saturated carbocycles. The number of anilines is 1. The summed E-state index contributed by atoms with van der Waals surface area (Å²) in [5, 5.41) is 9.87. The Hall–Kier alpha value is -3.54. The predicted molar refractivity (Wildman–Crippen MR) is 96.7 cm³/mol. The fourth-order valence-electron chi connectivity index (χ4n) is 2.88. The third kappa shape index (κ3) is 2.53. The van der Waals surface area contributed by atoms with Gasteiger partial charge in [0.2, 0.25) is 0 Å². The highest BCUT2D eigenvalue weighted by atomic mass is 16.2. The van der Waals surface area contributed by atoms with E-state index in [4.69, 9.17) is 0 Å². The first-order valence-corrected chi connectivity index (χ1v) is 7.75. The summed E-state index contributed by atoms with van der Waals surface area (Å²) >= 11 is 0. The van der Waals surface area contributed by atoms with Crippen molar-refractivity contribution in [2.24, 2.45) is 7.05 Å². The third-order valence-electron chi connectivity index (χ3n) is 4.10. The number of pyridine rings is 1. The standard InChI is InChI=1S/C19H14N4O2/c1-23-19(25)15-7-3-2-6-14(15)17(22-23)18(24)21-16-8-4-5-12-11-20-10-9-13(12)16/h2-11H,1H3,(H,21,24). The average Bonchev–Trinajstić information content (AvgIpc) is 2.65. The number of carbonyl (C=O) groups excluding carboxylic acids is 1. The summed E-state index contributed by atoms with van der Waals surface area (Å²) in [7, 11) is 1.54. The van der Waals surface area contributed by atoms with E-state index in [1.165, 1.54) is 11.7 Å². The highest BCUT2D eigenvalue weighted by molar-refractivity contribution is 6.13. The minimum atomic E-state index is -0.365. The van der Waals surface area contributed by atoms with Gasteiger partial charge in [-0.05, 0) is 18.2 Å². The SMILES string of the molecule is Cn1nc(C(=O)Nc2cccc3cnccc23)c2ccccc2c1=O. The van der Waals surface area contributed by atoms with Crippen LogP contribution in [0.2, 0.25) is 0 Å². The molecule has 0 aliphatic heterocycles. The number of hydrogen-bond acceptors (Lipinski definition) is 4. The molecule has 6 heteroatoms. The van der Waals surface area contributed by atoms with Crippen LogP contribution >= 0.6 is 0 Å². The van der Waals surface area contributed by atoms with Crippen LogP contribution in [0, 0.1) is 0 Å². The van der Waals surface area contributed by atoms with E-state index in [1.807, 2.05) is 24.3 Å². The minimum absolute atomic E-state index is 0.212. The summed E-state index contributed by atoms with van der Waals surface area (Å²) in [6.45, 7) is 0. The van der Waals surface area contributed by atoms with Gasteiger partial charge in [0.05, 0.1) is 5.39 Å². The van der Waals surface area contributed by atoms with Crippen LogP contribution in [-0.4, -0.2) is 20.7 Å². The van der Waals surface area contributed by atoms with Crippen molar-refractivity contribution in [3.63, 3.8) is 0 Å². The average molecular weight is 330 g/mol. The number of benzene rings is 2. The van der Waals surface area contributed by atoms with E-state index in [-0.39, 0.29) is 17.2 Å². The Balaban J connectivity index is 1.83. The van der Waals surface area contributed by atoms with Crippen LogP contribution in [-0.2, 0) is 7.05 Å². The summed E-state index contributed by atoms with van der Waals surface area (Å²) in [6, 6.07) is 14.4. The second-order valence-corrected chi connectivity index (χ2v) is 5.68. The van der Waals surface area contributed by atoms with Gasteiger partial charge in [-0.1, -0.05) is 30.3 Å². The molecule has 0 fully saturated rings. The van der Waals surface area contributed by atoms with E-state index >= 15 is 0 Å². The zero-order valence-electron chi connectivity index (χ0n) is 13.4. The fraction of sp³-hybridized carbons (Fsp3) is 0.0526. The van der Waals surface area contributed by atoms with Gasteiger partial charge in [-0.15, -0.1) is 0 Å². The van der Waals surface area contributed by atoms with Gasteiger partial charge in [0.15, 0.2) is 5.69 Å². The molecule has 0 unspecified atom stereocenters. The number of aromatic nitrogens is 3. The quantitative estimate of drug-likeness (QED) is 0.613. The monoisotopic (exact) mass is 330 g/mol. The Morgan fingerprint density at radius 1 is 1.00 bits per heavy atom. The molecule has 2 aromatic heterocycles. The van der Waals surface area contributed by atoms with Crippen LogP contribution in [0.15, 0.2) is 65.7 Å². The minimum Gasteiger partial charge on any atom is -0.320 e. The molecule has 0 spiro atoms. The molecule has 25 heavy (non-hydrogen) atoms. The lowest BCUT2D eigenvalue weighted by molar-refractivity contribution is 0.102. The van der Waals surface area contributed by atoms with Crippen LogP contribution in [0.4, 0.5) is 5.69 Å². The second kappa shape index (κ2) is 5.83. The maximum atomic E-state index is 12.8. The van der Waals surface area contributed by atoms with Crippen LogP contribution in [0.1, 0.15) is 10.5 Å². The molecule has 0 aliphatic carbocycles. The lowest BCUT2D eigenvalue weighted by Gasteiger charge is -2.10. The van der Waals surface area contributed by atoms with Crippen molar-refractivity contribution in [3.8, 4) is 0 Å². The first-order valence-electron chi connectivity index (χ1n) is 7.75. The van der Waals surface area contributed by atoms with Gasteiger partial charge in [-0.2, -0.15) is 5.10 Å². The number of amides is 1. The van der Waals surface area contributed by atoms with E-state index in [9.17, 15) is 9.59 Å². The number of rotatable bonds is 2. The van der Waals surface area contributed by atoms with E-state index in [1.54, 1.807) is 36.7 Å². The van der Waals surface area contributed by atoms with Crippen molar-refractivity contribution in [1.82, 2.24) is 14.8 Å². The molecule has 0 atom stereocenters. The zero-order chi connectivity index (χ0) is 17.4. The van der Waals surface area contributed by atoms with Crippen molar-refractivity contribution < 1.29 is 4.79 Å². The Labute approximate surface area is 142 Å². The number of nitrogens with zero attached hydrogens (tertiary/aromatic N) is 3. The van der Waals surface area contributed by atoms with E-state index < -0.39 is 0 Å². The van der Waals surface area contributed by atoms with Crippen molar-refractivity contribution in [2.75, 3.05) is 5.32 Å². The highest BCUT2D eigenvalue weighted by Gasteiger charge is 2.16. The smallest absolute Gasteiger partial charge is 0.276 e. The van der Waals surface area contributed by atoms with Gasteiger partial charge in [-0.3, -0.25) is 14.6 Å². The topological polar surface area (TPSA) is 76.9 Å². The van der Waals surface area contributed by atoms with Crippen LogP contribution in [0.3, 0.4) is 0 Å². The van der Waals surface area contributed by atoms with Crippen molar-refractivity contribution in [1.29, 1.82) is 0 Å². The Morgan fingerprint density at radius 3 is 2.64 bits per heavy atom. The fourth-order valence-corrected chi connectivity index (χ4v) is 2.88. The maximum Gasteiger partial charge on any atom is 0.276 e. The van der Waals surface area contributed by atoms with Crippen LogP contribution in [0.5, 0.6) is 0 Å². The normalized spacial score (nSPS) is 10.9. The predicted octanol–water partition coefficient (Wildman–Crippen LogP) is 2.73. The van der Waals surface area contributed by atoms with Crippen LogP contribution in [0.25, 0.3) is 21.5 Å². The Kier molecular flexibility index (Phi) is 3.50. The largest absolute Gasteiger partial charge is 0.320 e. The molecule has 0 saturated heterocycles. The molecule has 1 amide bonds. The van der Waals surface area contributed by atoms with Crippen molar-refractivity contribution in [2.45, 2.75) is 0 Å². The molecule has 2 aromatic carbocycles. The lowest BCUT2D eigenvalue weighted by Crippen LogP contribution is -2.25. The van der Waals surface area contributed by atoms with Gasteiger partial charge in [-0.25, -0.2) is 4.68 Å². The molecule has 2 heterocycles. The molecule has 122 valence electrons. The Bertz CT molecular complexity index is 1180. The summed E-state index contributed by atoms with van der Waals surface area (Å²) in [5.74, 6) is -0.365. The molecule has 4 aromatic rings. The highest BCUT2D eigenvalue weighted by Crippen LogP contribution is 2.23. The Morgan fingerprint density at radius 2 is 1.80 bits per heavy atom. The molecule has 4 rings (SSSR count). The zero-order valence-corrected chi connectivity index (χ0v) is 13.4. The van der Waals surface area contributed by atoms with Gasteiger partial charge in [0.25, 0.3) is 11.5 Å². The summed E-state index contributed by atoms with van der Waals surface area (Å²) in [5.41, 5.74) is 0.650. The number of aryl methyl sites for hydroxylation is 1. The molecule has 0 aliphatic rings. The van der Waals surface area contributed by atoms with Crippen molar-refractivity contribution in [3.05, 3.63) is 77.0 Å². The summed E-state index contributed by atoms with van der Waals surface area (Å²) in [6.07, 6.45) is 3.42. The van der Waals surface area contributed by atoms with Crippen molar-refractivity contribution >= 4 is 33.1 Å². The molecule has 0 radical (unpaired) electrons. The van der Waals surface area contributed by atoms with Crippen LogP contribution < -0.4 is 10.9 Å². The summed E-state index contributed by atoms with van der Waals surface area (Å²) in [4.78, 5) is 29.1. The first-order chi connectivity index (χ1) is 12.1. The third-order valence-corrected chi connectivity index (χ3v) is 4.10. The second-order valence-electron chi connectivity index (χ2n) is 5.68. The molecule has 6 nitrogen and oxygen atoms in total.